The SMILES string of the molecule is CC(C)(C)C(=O)OCOP(=O)(OCOC(=O)C(C)(C)C)C(F)(F)c1ccc(/C=C/C(=O)N[C@H]2CCCC3CC[C@@H](C(=O)NCC[C@@H](CCC(N)=O)C(=O)NCc4ccccc4)N3C2=O)cc1. The van der Waals surface area contributed by atoms with Crippen LogP contribution in [0.25, 0.3) is 6.08 Å². The van der Waals surface area contributed by atoms with Crippen LogP contribution >= 0.6 is 7.60 Å². The molecule has 66 heavy (non-hydrogen) atoms. The number of ether oxygens (including phenoxy) is 2. The number of nitrogens with zero attached hydrogens (tertiary/aromatic N) is 1. The summed E-state index contributed by atoms with van der Waals surface area (Å²) < 4.78 is 65.1. The van der Waals surface area contributed by atoms with Gasteiger partial charge in [-0.3, -0.25) is 47.2 Å². The third-order valence-electron chi connectivity index (χ3n) is 11.0. The van der Waals surface area contributed by atoms with Gasteiger partial charge in [-0.05, 0) is 104 Å². The number of carbonyl (C=O) groups excluding carboxylic acids is 7. The van der Waals surface area contributed by atoms with Gasteiger partial charge in [0.1, 0.15) is 12.1 Å². The van der Waals surface area contributed by atoms with Crippen LogP contribution in [0.2, 0.25) is 0 Å². The van der Waals surface area contributed by atoms with Gasteiger partial charge in [-0.1, -0.05) is 54.6 Å². The molecule has 2 aromatic rings. The number of amides is 5. The molecule has 20 heteroatoms. The Bertz CT molecular complexity index is 2090. The minimum atomic E-state index is -5.55. The number of carbonyl (C=O) groups is 7. The van der Waals surface area contributed by atoms with E-state index in [1.807, 2.05) is 30.3 Å². The van der Waals surface area contributed by atoms with Crippen molar-refractivity contribution in [1.29, 1.82) is 0 Å². The smallest absolute Gasteiger partial charge is 0.410 e. The number of alkyl halides is 2. The topological polar surface area (TPSA) is 239 Å². The molecular formula is C46H62F2N5O12P. The molecule has 2 aliphatic heterocycles. The minimum absolute atomic E-state index is 0.00605. The van der Waals surface area contributed by atoms with E-state index < -0.39 is 96.8 Å². The molecule has 0 spiro atoms. The van der Waals surface area contributed by atoms with Crippen molar-refractivity contribution in [2.75, 3.05) is 20.1 Å². The maximum atomic E-state index is 16.0. The predicted octanol–water partition coefficient (Wildman–Crippen LogP) is 5.80. The summed E-state index contributed by atoms with van der Waals surface area (Å²) in [6, 6.07) is 11.6. The van der Waals surface area contributed by atoms with E-state index in [9.17, 15) is 38.1 Å². The zero-order chi connectivity index (χ0) is 48.9. The lowest BCUT2D eigenvalue weighted by molar-refractivity contribution is -0.163. The average molecular weight is 946 g/mol. The van der Waals surface area contributed by atoms with Crippen molar-refractivity contribution < 1.29 is 65.4 Å². The summed E-state index contributed by atoms with van der Waals surface area (Å²) in [5.41, 5.74) is -0.705. The Labute approximate surface area is 383 Å². The molecule has 1 unspecified atom stereocenters. The van der Waals surface area contributed by atoms with E-state index in [1.54, 1.807) is 0 Å². The first kappa shape index (κ1) is 53.1. The highest BCUT2D eigenvalue weighted by Crippen LogP contribution is 2.67. The van der Waals surface area contributed by atoms with Crippen molar-refractivity contribution in [3.8, 4) is 0 Å². The summed E-state index contributed by atoms with van der Waals surface area (Å²) in [5, 5.41) is 8.44. The highest BCUT2D eigenvalue weighted by molar-refractivity contribution is 7.54. The molecule has 5 N–H and O–H groups in total. The molecule has 2 aliphatic rings. The minimum Gasteiger partial charge on any atom is -0.438 e. The van der Waals surface area contributed by atoms with Crippen LogP contribution in [0.1, 0.15) is 110 Å². The lowest BCUT2D eigenvalue weighted by Gasteiger charge is -2.30. The Balaban J connectivity index is 1.36. The fraction of sp³-hybridized carbons (Fsp3) is 0.543. The number of benzene rings is 2. The van der Waals surface area contributed by atoms with Crippen LogP contribution in [-0.2, 0) is 68.9 Å². The summed E-state index contributed by atoms with van der Waals surface area (Å²) in [4.78, 5) is 91.1. The van der Waals surface area contributed by atoms with Crippen LogP contribution in [0.3, 0.4) is 0 Å². The maximum Gasteiger partial charge on any atom is 0.410 e. The van der Waals surface area contributed by atoms with Crippen LogP contribution in [-0.4, -0.2) is 84.6 Å². The van der Waals surface area contributed by atoms with E-state index in [2.05, 4.69) is 16.0 Å². The zero-order valence-corrected chi connectivity index (χ0v) is 39.2. The molecule has 4 rings (SSSR count). The van der Waals surface area contributed by atoms with Crippen molar-refractivity contribution >= 4 is 55.1 Å². The van der Waals surface area contributed by atoms with Gasteiger partial charge in [0.05, 0.1) is 10.8 Å². The molecule has 5 amide bonds. The molecule has 17 nitrogen and oxygen atoms in total. The van der Waals surface area contributed by atoms with Crippen molar-refractivity contribution in [2.45, 2.75) is 123 Å². The number of nitrogens with two attached hydrogens (primary N) is 1. The fourth-order valence-electron chi connectivity index (χ4n) is 7.17. The second-order valence-corrected chi connectivity index (χ2v) is 20.4. The van der Waals surface area contributed by atoms with Gasteiger partial charge in [0.25, 0.3) is 0 Å². The number of hydrogen-bond donors (Lipinski definition) is 4. The molecule has 2 heterocycles. The standard InChI is InChI=1S/C46H62F2N5O12P/c1-44(2,3)42(59)62-28-64-66(61,65-29-63-43(60)45(4,5)6)46(47,48)33-19-15-30(16-20-33)17-24-38(55)52-35-14-10-13-34-21-22-36(53(34)41(35)58)40(57)50-26-25-32(18-23-37(49)54)39(56)51-27-31-11-8-7-9-12-31/h7-9,11-12,15-17,19-20,24,32,34-36H,10,13-14,18,21-23,25-29H2,1-6H3,(H2,49,54)(H,50,57)(H,51,56)(H,52,55)/b24-17+/t32-,34?,35+,36+/m1/s1. The van der Waals surface area contributed by atoms with E-state index in [0.29, 0.717) is 38.6 Å². The largest absolute Gasteiger partial charge is 0.438 e. The molecule has 0 aliphatic carbocycles. The monoisotopic (exact) mass is 945 g/mol. The van der Waals surface area contributed by atoms with Gasteiger partial charge >= 0.3 is 25.2 Å². The molecule has 2 fully saturated rings. The summed E-state index contributed by atoms with van der Waals surface area (Å²) in [6.45, 7) is 7.18. The van der Waals surface area contributed by atoms with Gasteiger partial charge < -0.3 is 36.1 Å². The Morgan fingerprint density at radius 2 is 1.44 bits per heavy atom. The Morgan fingerprint density at radius 3 is 2.02 bits per heavy atom. The first-order valence-corrected chi connectivity index (χ1v) is 23.4. The van der Waals surface area contributed by atoms with Gasteiger partial charge in [-0.2, -0.15) is 8.78 Å². The normalized spacial score (nSPS) is 18.5. The molecular weight excluding hydrogens is 883 g/mol. The molecule has 0 saturated carbocycles. The summed E-state index contributed by atoms with van der Waals surface area (Å²) in [6.07, 6.45) is 5.39. The summed E-state index contributed by atoms with van der Waals surface area (Å²) in [7, 11) is -5.55. The Morgan fingerprint density at radius 1 is 0.833 bits per heavy atom. The van der Waals surface area contributed by atoms with Gasteiger partial charge in [0.2, 0.25) is 43.1 Å². The van der Waals surface area contributed by atoms with Crippen LogP contribution in [0.5, 0.6) is 0 Å². The number of hydrogen-bond acceptors (Lipinski definition) is 12. The molecule has 2 aromatic carbocycles. The number of fused-ring (bicyclic) bond motifs is 1. The number of nitrogens with one attached hydrogen (secondary N) is 3. The lowest BCUT2D eigenvalue weighted by atomic mass is 9.97. The molecule has 0 radical (unpaired) electrons. The van der Waals surface area contributed by atoms with Crippen LogP contribution in [0.15, 0.2) is 60.7 Å². The van der Waals surface area contributed by atoms with E-state index in [0.717, 1.165) is 23.8 Å². The zero-order valence-electron chi connectivity index (χ0n) is 38.3. The van der Waals surface area contributed by atoms with Crippen LogP contribution in [0, 0.1) is 16.7 Å². The molecule has 4 atom stereocenters. The fourth-order valence-corrected chi connectivity index (χ4v) is 8.41. The van der Waals surface area contributed by atoms with E-state index >= 15 is 8.78 Å². The lowest BCUT2D eigenvalue weighted by Crippen LogP contribution is -2.54. The number of primary amides is 1. The number of halogens is 2. The first-order chi connectivity index (χ1) is 30.9. The predicted molar refractivity (Wildman–Crippen MR) is 237 cm³/mol. The second-order valence-electron chi connectivity index (χ2n) is 18.3. The number of esters is 2. The van der Waals surface area contributed by atoms with Crippen LogP contribution in [0.4, 0.5) is 8.78 Å². The van der Waals surface area contributed by atoms with Gasteiger partial charge in [-0.15, -0.1) is 0 Å². The molecule has 362 valence electrons. The maximum absolute atomic E-state index is 16.0. The Hall–Kier alpha value is -5.52. The Kier molecular flexibility index (Phi) is 18.7. The van der Waals surface area contributed by atoms with Crippen molar-refractivity contribution in [3.63, 3.8) is 0 Å². The van der Waals surface area contributed by atoms with Gasteiger partial charge in [0.15, 0.2) is 0 Å². The highest BCUT2D eigenvalue weighted by Gasteiger charge is 2.56. The van der Waals surface area contributed by atoms with Gasteiger partial charge in [0, 0.05) is 43.1 Å². The first-order valence-electron chi connectivity index (χ1n) is 21.8. The summed E-state index contributed by atoms with van der Waals surface area (Å²) in [5.74, 6) is -4.55. The third kappa shape index (κ3) is 15.0. The molecule has 2 saturated heterocycles. The second kappa shape index (κ2) is 23.3. The quantitative estimate of drug-likeness (QED) is 0.0503. The summed E-state index contributed by atoms with van der Waals surface area (Å²) >= 11 is 0. The highest BCUT2D eigenvalue weighted by atomic mass is 31.2. The molecule has 0 aromatic heterocycles. The van der Waals surface area contributed by atoms with Crippen molar-refractivity contribution in [1.82, 2.24) is 20.9 Å². The van der Waals surface area contributed by atoms with E-state index in [1.165, 1.54) is 64.7 Å². The van der Waals surface area contributed by atoms with E-state index in [4.69, 9.17) is 24.3 Å². The molecule has 0 bridgehead atoms. The van der Waals surface area contributed by atoms with Crippen molar-refractivity contribution in [3.05, 3.63) is 77.4 Å². The third-order valence-corrected chi connectivity index (χ3v) is 12.8. The van der Waals surface area contributed by atoms with Crippen LogP contribution < -0.4 is 21.7 Å². The van der Waals surface area contributed by atoms with Gasteiger partial charge in [-0.25, -0.2) is 0 Å². The van der Waals surface area contributed by atoms with E-state index in [-0.39, 0.29) is 43.3 Å². The van der Waals surface area contributed by atoms with Crippen molar-refractivity contribution in [2.24, 2.45) is 22.5 Å². The number of rotatable bonds is 21. The average Bonchev–Trinajstić information content (AvgIpc) is 3.62.